The Labute approximate surface area is 218 Å². The predicted octanol–water partition coefficient (Wildman–Crippen LogP) is 6.79. The van der Waals surface area contributed by atoms with Gasteiger partial charge in [-0.3, -0.25) is 0 Å². The van der Waals surface area contributed by atoms with Crippen LogP contribution in [0.2, 0.25) is 0 Å². The van der Waals surface area contributed by atoms with Gasteiger partial charge in [0.15, 0.2) is 0 Å². The highest BCUT2D eigenvalue weighted by atomic mass is 31.1. The van der Waals surface area contributed by atoms with E-state index in [-0.39, 0.29) is 31.7 Å². The molecule has 6 nitrogen and oxygen atoms in total. The lowest BCUT2D eigenvalue weighted by molar-refractivity contribution is 1.07. The van der Waals surface area contributed by atoms with Crippen molar-refractivity contribution in [1.29, 1.82) is 31.6 Å². The van der Waals surface area contributed by atoms with E-state index in [1.165, 1.54) is 12.3 Å². The van der Waals surface area contributed by atoms with Crippen molar-refractivity contribution in [3.05, 3.63) is 0 Å². The first-order valence-electron chi connectivity index (χ1n) is 12.3. The zero-order valence-corrected chi connectivity index (χ0v) is 24.5. The fraction of sp³-hybridized carbons (Fsp3) is 0.760. The third kappa shape index (κ3) is 20.5. The third-order valence-corrected chi connectivity index (χ3v) is 16.8. The highest BCUT2D eigenvalue weighted by molar-refractivity contribution is 7.62. The molecule has 0 aromatic heterocycles. The summed E-state index contributed by atoms with van der Waals surface area (Å²) in [5, 5.41) is 54.0. The Morgan fingerprint density at radius 2 is 0.486 bits per heavy atom. The summed E-state index contributed by atoms with van der Waals surface area (Å²) in [6.07, 6.45) is 17.1. The standard InChI is InChI=1S/C25H38N6P4/c26-8-1-14-32(15-2-9-27)22-24-34(18-5-12-30)20-7-21-35(19-6-13-31)25-23-33(16-3-10-28)17-4-11-29/h1-7,14-25H2. The number of hydrogen-bond donors (Lipinski definition) is 0. The molecule has 0 aliphatic carbocycles. The topological polar surface area (TPSA) is 143 Å². The average Bonchev–Trinajstić information content (AvgIpc) is 2.88. The van der Waals surface area contributed by atoms with Crippen LogP contribution >= 0.6 is 31.7 Å². The lowest BCUT2D eigenvalue weighted by atomic mass is 10.5. The summed E-state index contributed by atoms with van der Waals surface area (Å²) in [5.74, 6) is 0. The van der Waals surface area contributed by atoms with Gasteiger partial charge in [0, 0.05) is 38.5 Å². The van der Waals surface area contributed by atoms with Crippen molar-refractivity contribution in [2.75, 3.05) is 73.9 Å². The number of nitriles is 6. The molecule has 188 valence electrons. The molecule has 0 heterocycles. The quantitative estimate of drug-likeness (QED) is 0.137. The van der Waals surface area contributed by atoms with E-state index >= 15 is 0 Å². The van der Waals surface area contributed by atoms with Gasteiger partial charge in [-0.25, -0.2) is 0 Å². The Kier molecular flexibility index (Phi) is 24.8. The molecule has 0 saturated heterocycles. The minimum absolute atomic E-state index is 0.205. The van der Waals surface area contributed by atoms with Gasteiger partial charge in [0.1, 0.15) is 0 Å². The van der Waals surface area contributed by atoms with E-state index < -0.39 is 0 Å². The molecule has 2 atom stereocenters. The predicted molar refractivity (Wildman–Crippen MR) is 152 cm³/mol. The summed E-state index contributed by atoms with van der Waals surface area (Å²) in [6, 6.07) is 13.6. The van der Waals surface area contributed by atoms with Crippen LogP contribution in [0.4, 0.5) is 0 Å². The van der Waals surface area contributed by atoms with E-state index in [1.54, 1.807) is 0 Å². The van der Waals surface area contributed by atoms with E-state index in [4.69, 9.17) is 31.6 Å². The Hall–Kier alpha value is -1.34. The molecule has 0 saturated carbocycles. The monoisotopic (exact) mass is 546 g/mol. The van der Waals surface area contributed by atoms with Crippen LogP contribution in [0.3, 0.4) is 0 Å². The first-order valence-corrected chi connectivity index (χ1v) is 19.8. The number of hydrogen-bond acceptors (Lipinski definition) is 6. The maximum atomic E-state index is 9.11. The van der Waals surface area contributed by atoms with Crippen LogP contribution in [0.15, 0.2) is 0 Å². The molecule has 0 rings (SSSR count). The SMILES string of the molecule is N#CCCP(CCC#N)CCP(CCC#N)CCCP(CCC#N)CCP(CCC#N)CCC#N. The molecule has 0 aromatic carbocycles. The first-order chi connectivity index (χ1) is 17.1. The lowest BCUT2D eigenvalue weighted by Gasteiger charge is -2.24. The minimum Gasteiger partial charge on any atom is -0.198 e. The fourth-order valence-electron chi connectivity index (χ4n) is 3.67. The third-order valence-electron chi connectivity index (χ3n) is 5.65. The number of nitrogens with zero attached hydrogens (tertiary/aromatic N) is 6. The maximum absolute atomic E-state index is 9.11. The average molecular weight is 547 g/mol. The summed E-state index contributed by atoms with van der Waals surface area (Å²) < 4.78 is 0. The van der Waals surface area contributed by atoms with E-state index in [0.717, 1.165) is 68.0 Å². The zero-order valence-electron chi connectivity index (χ0n) is 20.9. The van der Waals surface area contributed by atoms with Crippen molar-refractivity contribution in [3.63, 3.8) is 0 Å². The normalized spacial score (nSPS) is 12.0. The molecule has 2 unspecified atom stereocenters. The zero-order chi connectivity index (χ0) is 26.0. The van der Waals surface area contributed by atoms with Crippen LogP contribution in [0, 0.1) is 68.0 Å². The Balaban J connectivity index is 4.81. The van der Waals surface area contributed by atoms with Crippen molar-refractivity contribution in [2.24, 2.45) is 0 Å². The van der Waals surface area contributed by atoms with Gasteiger partial charge in [-0.1, -0.05) is 0 Å². The summed E-state index contributed by atoms with van der Waals surface area (Å²) in [6.45, 7) is 0. The van der Waals surface area contributed by atoms with Crippen LogP contribution in [-0.4, -0.2) is 73.9 Å². The Morgan fingerprint density at radius 3 is 0.686 bits per heavy atom. The van der Waals surface area contributed by atoms with Gasteiger partial charge < -0.3 is 0 Å². The van der Waals surface area contributed by atoms with Crippen molar-refractivity contribution in [1.82, 2.24) is 0 Å². The maximum Gasteiger partial charge on any atom is 0.0625 e. The molecule has 0 radical (unpaired) electrons. The minimum atomic E-state index is -0.266. The molecular formula is C25H38N6P4. The molecular weight excluding hydrogens is 508 g/mol. The summed E-state index contributed by atoms with van der Waals surface area (Å²) >= 11 is 0. The van der Waals surface area contributed by atoms with Gasteiger partial charge in [-0.2, -0.15) is 31.6 Å². The Bertz CT molecular complexity index is 694. The molecule has 0 fully saturated rings. The van der Waals surface area contributed by atoms with E-state index in [9.17, 15) is 0 Å². The second-order valence-corrected chi connectivity index (χ2v) is 18.9. The van der Waals surface area contributed by atoms with Crippen molar-refractivity contribution < 1.29 is 0 Å². The summed E-state index contributed by atoms with van der Waals surface area (Å²) in [5.41, 5.74) is 0. The van der Waals surface area contributed by atoms with Crippen LogP contribution in [-0.2, 0) is 0 Å². The molecule has 0 spiro atoms. The van der Waals surface area contributed by atoms with E-state index in [1.807, 2.05) is 0 Å². The number of rotatable bonds is 22. The molecule has 0 amide bonds. The first kappa shape index (κ1) is 33.7. The van der Waals surface area contributed by atoms with Crippen LogP contribution in [0.5, 0.6) is 0 Å². The smallest absolute Gasteiger partial charge is 0.0625 e. The molecule has 0 aliphatic heterocycles. The van der Waals surface area contributed by atoms with Crippen molar-refractivity contribution >= 4 is 31.7 Å². The van der Waals surface area contributed by atoms with Gasteiger partial charge in [0.2, 0.25) is 0 Å². The molecule has 35 heavy (non-hydrogen) atoms. The lowest BCUT2D eigenvalue weighted by Crippen LogP contribution is -2.06. The highest BCUT2D eigenvalue weighted by Crippen LogP contribution is 2.47. The second kappa shape index (κ2) is 25.7. The van der Waals surface area contributed by atoms with E-state index in [0.29, 0.717) is 38.5 Å². The summed E-state index contributed by atoms with van der Waals surface area (Å²) in [4.78, 5) is 0. The summed E-state index contributed by atoms with van der Waals surface area (Å²) in [7, 11) is -0.943. The molecule has 0 N–H and O–H groups in total. The van der Waals surface area contributed by atoms with Gasteiger partial charge in [0.05, 0.1) is 36.4 Å². The van der Waals surface area contributed by atoms with Gasteiger partial charge in [-0.15, -0.1) is 31.7 Å². The highest BCUT2D eigenvalue weighted by Gasteiger charge is 2.16. The van der Waals surface area contributed by atoms with Crippen molar-refractivity contribution in [2.45, 2.75) is 44.9 Å². The molecule has 0 aromatic rings. The van der Waals surface area contributed by atoms with Gasteiger partial charge >= 0.3 is 0 Å². The van der Waals surface area contributed by atoms with Gasteiger partial charge in [-0.05, 0) is 80.4 Å². The largest absolute Gasteiger partial charge is 0.198 e. The molecule has 0 bridgehead atoms. The molecule has 0 aliphatic rings. The van der Waals surface area contributed by atoms with Crippen molar-refractivity contribution in [3.8, 4) is 36.4 Å². The Morgan fingerprint density at radius 1 is 0.286 bits per heavy atom. The van der Waals surface area contributed by atoms with Crippen LogP contribution in [0.1, 0.15) is 44.9 Å². The van der Waals surface area contributed by atoms with Crippen LogP contribution < -0.4 is 0 Å². The molecule has 10 heteroatoms. The van der Waals surface area contributed by atoms with E-state index in [2.05, 4.69) is 36.4 Å². The van der Waals surface area contributed by atoms with Gasteiger partial charge in [0.25, 0.3) is 0 Å². The fourth-order valence-corrected chi connectivity index (χ4v) is 14.8. The van der Waals surface area contributed by atoms with Crippen LogP contribution in [0.25, 0.3) is 0 Å². The second-order valence-electron chi connectivity index (χ2n) is 8.17.